The van der Waals surface area contributed by atoms with Crippen LogP contribution in [0.4, 0.5) is 0 Å². The number of benzene rings is 6. The van der Waals surface area contributed by atoms with Crippen LogP contribution in [0.25, 0.3) is 66.1 Å². The Hall–Kier alpha value is -5.08. The monoisotopic (exact) mass is 514 g/mol. The average Bonchev–Trinajstić information content (AvgIpc) is 3.56. The van der Waals surface area contributed by atoms with E-state index in [1.165, 1.54) is 66.1 Å². The maximum absolute atomic E-state index is 2.39. The molecule has 2 nitrogen and oxygen atoms in total. The lowest BCUT2D eigenvalue weighted by atomic mass is 9.95. The summed E-state index contributed by atoms with van der Waals surface area (Å²) in [5.74, 6) is 0. The zero-order valence-electron chi connectivity index (χ0n) is 22.8. The molecule has 0 saturated carbocycles. The van der Waals surface area contributed by atoms with Crippen molar-refractivity contribution in [2.45, 2.75) is 13.8 Å². The molecule has 0 N–H and O–H groups in total. The molecular weight excluding hydrogens is 484 g/mol. The predicted octanol–water partition coefficient (Wildman–Crippen LogP) is 10.6. The van der Waals surface area contributed by atoms with Gasteiger partial charge in [0.2, 0.25) is 0 Å². The van der Waals surface area contributed by atoms with E-state index in [-0.39, 0.29) is 0 Å². The van der Waals surface area contributed by atoms with Crippen molar-refractivity contribution >= 4 is 43.6 Å². The fraction of sp³-hybridized carbons (Fsp3) is 0.0526. The zero-order valence-corrected chi connectivity index (χ0v) is 22.8. The summed E-state index contributed by atoms with van der Waals surface area (Å²) < 4.78 is 4.78. The standard InChI is InChI=1S/C36H24N2.C2H6/c1-3-13-25(14-4-1)37-31-21-9-7-17-29(31)35-27(19-11-23-33(35)37)28-20-12-24-34-36(28)30-18-8-10-22-32(30)38(34)26-15-5-2-6-16-26;1-2/h1-24H;1-2H3. The van der Waals surface area contributed by atoms with Gasteiger partial charge in [0, 0.05) is 32.9 Å². The Morgan fingerprint density at radius 3 is 1.10 bits per heavy atom. The second kappa shape index (κ2) is 9.91. The summed E-state index contributed by atoms with van der Waals surface area (Å²) in [5, 5.41) is 5.11. The van der Waals surface area contributed by atoms with Crippen molar-refractivity contribution in [3.8, 4) is 22.5 Å². The Labute approximate surface area is 234 Å². The largest absolute Gasteiger partial charge is 0.309 e. The molecule has 2 aromatic heterocycles. The van der Waals surface area contributed by atoms with Crippen LogP contribution in [-0.2, 0) is 0 Å². The highest BCUT2D eigenvalue weighted by atomic mass is 15.0. The van der Waals surface area contributed by atoms with Gasteiger partial charge < -0.3 is 9.13 Å². The van der Waals surface area contributed by atoms with Crippen molar-refractivity contribution in [3.05, 3.63) is 146 Å². The van der Waals surface area contributed by atoms with Crippen LogP contribution in [0, 0.1) is 0 Å². The van der Waals surface area contributed by atoms with Gasteiger partial charge in [-0.3, -0.25) is 0 Å². The number of fused-ring (bicyclic) bond motifs is 6. The van der Waals surface area contributed by atoms with E-state index < -0.39 is 0 Å². The number of para-hydroxylation sites is 4. The molecule has 0 bridgehead atoms. The molecule has 0 aliphatic rings. The maximum atomic E-state index is 2.39. The molecule has 192 valence electrons. The summed E-state index contributed by atoms with van der Waals surface area (Å²) >= 11 is 0. The minimum Gasteiger partial charge on any atom is -0.309 e. The molecule has 0 amide bonds. The molecule has 6 aromatic carbocycles. The van der Waals surface area contributed by atoms with Crippen LogP contribution >= 0.6 is 0 Å². The molecular formula is C38H30N2. The molecule has 8 aromatic rings. The molecule has 0 atom stereocenters. The Morgan fingerprint density at radius 2 is 0.675 bits per heavy atom. The average molecular weight is 515 g/mol. The summed E-state index contributed by atoms with van der Waals surface area (Å²) in [6.07, 6.45) is 0. The van der Waals surface area contributed by atoms with E-state index in [0.717, 1.165) is 0 Å². The Kier molecular flexibility index (Phi) is 5.94. The molecule has 0 spiro atoms. The van der Waals surface area contributed by atoms with Crippen molar-refractivity contribution in [2.24, 2.45) is 0 Å². The van der Waals surface area contributed by atoms with Gasteiger partial charge in [-0.25, -0.2) is 0 Å². The lowest BCUT2D eigenvalue weighted by molar-refractivity contribution is 1.18. The van der Waals surface area contributed by atoms with Crippen LogP contribution in [0.1, 0.15) is 13.8 Å². The fourth-order valence-corrected chi connectivity index (χ4v) is 6.20. The topological polar surface area (TPSA) is 9.86 Å². The van der Waals surface area contributed by atoms with Gasteiger partial charge in [0.25, 0.3) is 0 Å². The molecule has 0 aliphatic heterocycles. The minimum absolute atomic E-state index is 1.18. The molecule has 0 radical (unpaired) electrons. The van der Waals surface area contributed by atoms with Gasteiger partial charge in [-0.1, -0.05) is 111 Å². The van der Waals surface area contributed by atoms with Gasteiger partial charge in [-0.05, 0) is 59.7 Å². The summed E-state index contributed by atoms with van der Waals surface area (Å²) in [7, 11) is 0. The van der Waals surface area contributed by atoms with E-state index in [0.29, 0.717) is 0 Å². The Morgan fingerprint density at radius 1 is 0.325 bits per heavy atom. The number of hydrogen-bond acceptors (Lipinski definition) is 0. The van der Waals surface area contributed by atoms with Crippen LogP contribution in [0.5, 0.6) is 0 Å². The van der Waals surface area contributed by atoms with Crippen LogP contribution in [0.15, 0.2) is 146 Å². The van der Waals surface area contributed by atoms with Crippen LogP contribution < -0.4 is 0 Å². The first kappa shape index (κ1) is 24.0. The third-order valence-electron chi connectivity index (χ3n) is 7.71. The van der Waals surface area contributed by atoms with Crippen molar-refractivity contribution in [1.82, 2.24) is 9.13 Å². The summed E-state index contributed by atoms with van der Waals surface area (Å²) in [4.78, 5) is 0. The molecule has 8 rings (SSSR count). The maximum Gasteiger partial charge on any atom is 0.0547 e. The minimum atomic E-state index is 1.18. The molecule has 0 unspecified atom stereocenters. The van der Waals surface area contributed by atoms with Gasteiger partial charge in [0.05, 0.1) is 22.1 Å². The van der Waals surface area contributed by atoms with Crippen LogP contribution in [-0.4, -0.2) is 9.13 Å². The van der Waals surface area contributed by atoms with Crippen molar-refractivity contribution < 1.29 is 0 Å². The molecule has 0 fully saturated rings. The van der Waals surface area contributed by atoms with E-state index in [1.54, 1.807) is 0 Å². The van der Waals surface area contributed by atoms with Gasteiger partial charge >= 0.3 is 0 Å². The van der Waals surface area contributed by atoms with Crippen molar-refractivity contribution in [2.75, 3.05) is 0 Å². The van der Waals surface area contributed by atoms with E-state index in [1.807, 2.05) is 13.8 Å². The van der Waals surface area contributed by atoms with Gasteiger partial charge in [0.15, 0.2) is 0 Å². The van der Waals surface area contributed by atoms with Crippen LogP contribution in [0.2, 0.25) is 0 Å². The zero-order chi connectivity index (χ0) is 27.1. The molecule has 2 heteroatoms. The number of hydrogen-bond donors (Lipinski definition) is 0. The SMILES string of the molecule is CC.c1ccc(-n2c3ccccc3c3c(-c4cccc5c4c4ccccc4n5-c4ccccc4)cccc32)cc1. The van der Waals surface area contributed by atoms with E-state index >= 15 is 0 Å². The van der Waals surface area contributed by atoms with E-state index in [9.17, 15) is 0 Å². The number of rotatable bonds is 3. The first-order valence-electron chi connectivity index (χ1n) is 14.1. The fourth-order valence-electron chi connectivity index (χ4n) is 6.20. The quantitative estimate of drug-likeness (QED) is 0.222. The summed E-state index contributed by atoms with van der Waals surface area (Å²) in [5.41, 5.74) is 9.76. The molecule has 2 heterocycles. The normalized spacial score (nSPS) is 11.2. The van der Waals surface area contributed by atoms with E-state index in [2.05, 4.69) is 155 Å². The number of nitrogens with zero attached hydrogens (tertiary/aromatic N) is 2. The van der Waals surface area contributed by atoms with Gasteiger partial charge in [-0.2, -0.15) is 0 Å². The Bertz CT molecular complexity index is 1960. The highest BCUT2D eigenvalue weighted by Gasteiger charge is 2.20. The third kappa shape index (κ3) is 3.57. The summed E-state index contributed by atoms with van der Waals surface area (Å²) in [6.45, 7) is 4.00. The van der Waals surface area contributed by atoms with E-state index in [4.69, 9.17) is 0 Å². The van der Waals surface area contributed by atoms with Gasteiger partial charge in [-0.15, -0.1) is 0 Å². The molecule has 0 saturated heterocycles. The van der Waals surface area contributed by atoms with Gasteiger partial charge in [0.1, 0.15) is 0 Å². The lowest BCUT2D eigenvalue weighted by Crippen LogP contribution is -1.93. The second-order valence-electron chi connectivity index (χ2n) is 9.78. The third-order valence-corrected chi connectivity index (χ3v) is 7.71. The summed E-state index contributed by atoms with van der Waals surface area (Å²) in [6, 6.07) is 52.3. The van der Waals surface area contributed by atoms with Crippen molar-refractivity contribution in [3.63, 3.8) is 0 Å². The smallest absolute Gasteiger partial charge is 0.0547 e. The first-order valence-corrected chi connectivity index (χ1v) is 14.1. The molecule has 0 aliphatic carbocycles. The van der Waals surface area contributed by atoms with Crippen LogP contribution in [0.3, 0.4) is 0 Å². The van der Waals surface area contributed by atoms with Crippen molar-refractivity contribution in [1.29, 1.82) is 0 Å². The lowest BCUT2D eigenvalue weighted by Gasteiger charge is -2.10. The number of aromatic nitrogens is 2. The molecule has 40 heavy (non-hydrogen) atoms. The predicted molar refractivity (Wildman–Crippen MR) is 172 cm³/mol. The second-order valence-corrected chi connectivity index (χ2v) is 9.78. The first-order chi connectivity index (χ1) is 19.9. The Balaban J connectivity index is 0.00000130. The highest BCUT2D eigenvalue weighted by molar-refractivity contribution is 6.22. The highest BCUT2D eigenvalue weighted by Crippen LogP contribution is 2.43.